The lowest BCUT2D eigenvalue weighted by Crippen LogP contribution is -2.35. The summed E-state index contributed by atoms with van der Waals surface area (Å²) in [7, 11) is -3.39. The van der Waals surface area contributed by atoms with Crippen LogP contribution in [0.15, 0.2) is 41.1 Å². The van der Waals surface area contributed by atoms with Crippen molar-refractivity contribution in [3.05, 3.63) is 53.4 Å². The Labute approximate surface area is 136 Å². The monoisotopic (exact) mass is 335 g/mol. The van der Waals surface area contributed by atoms with Gasteiger partial charge in [0.05, 0.1) is 5.69 Å². The molecule has 1 heterocycles. The van der Waals surface area contributed by atoms with Gasteiger partial charge >= 0.3 is 0 Å². The van der Waals surface area contributed by atoms with Crippen molar-refractivity contribution >= 4 is 10.0 Å². The zero-order valence-electron chi connectivity index (χ0n) is 13.0. The van der Waals surface area contributed by atoms with Crippen molar-refractivity contribution in [3.8, 4) is 0 Å². The second-order valence-electron chi connectivity index (χ2n) is 5.96. The van der Waals surface area contributed by atoms with Crippen molar-refractivity contribution in [1.82, 2.24) is 15.2 Å². The first-order valence-corrected chi connectivity index (χ1v) is 9.38. The molecule has 2 atom stereocenters. The Morgan fingerprint density at radius 3 is 2.87 bits per heavy atom. The van der Waals surface area contributed by atoms with Crippen LogP contribution in [-0.4, -0.2) is 26.7 Å². The average molecular weight is 335 g/mol. The molecule has 2 N–H and O–H groups in total. The summed E-state index contributed by atoms with van der Waals surface area (Å²) in [5.41, 5.74) is 3.11. The Balaban J connectivity index is 1.48. The van der Waals surface area contributed by atoms with Crippen LogP contribution in [0.25, 0.3) is 0 Å². The summed E-state index contributed by atoms with van der Waals surface area (Å²) >= 11 is 0. The van der Waals surface area contributed by atoms with E-state index in [1.54, 1.807) is 6.07 Å². The third-order valence-corrected chi connectivity index (χ3v) is 5.46. The molecular weight excluding hydrogens is 314 g/mol. The maximum atomic E-state index is 11.9. The normalized spacial score (nSPS) is 20.6. The maximum absolute atomic E-state index is 11.9. The standard InChI is InChI=1S/C16H21N3O3S/c1-12-10-13-4-2-3-5-15(13)16(12)17-7-8-18-23(20,21)11-14-6-9-22-19-14/h2-6,9,12,16-18H,7-8,10-11H2,1H3/t12-,16-/m0/s1. The van der Waals surface area contributed by atoms with Gasteiger partial charge in [-0.2, -0.15) is 0 Å². The molecule has 0 unspecified atom stereocenters. The number of sulfonamides is 1. The van der Waals surface area contributed by atoms with E-state index in [0.717, 1.165) is 6.42 Å². The summed E-state index contributed by atoms with van der Waals surface area (Å²) in [4.78, 5) is 0. The van der Waals surface area contributed by atoms with Gasteiger partial charge in [-0.05, 0) is 23.5 Å². The van der Waals surface area contributed by atoms with E-state index in [9.17, 15) is 8.42 Å². The van der Waals surface area contributed by atoms with Crippen LogP contribution in [0.3, 0.4) is 0 Å². The number of fused-ring (bicyclic) bond motifs is 1. The van der Waals surface area contributed by atoms with E-state index < -0.39 is 10.0 Å². The topological polar surface area (TPSA) is 84.2 Å². The second kappa shape index (κ2) is 6.82. The fraction of sp³-hybridized carbons (Fsp3) is 0.438. The van der Waals surface area contributed by atoms with Crippen LogP contribution >= 0.6 is 0 Å². The lowest BCUT2D eigenvalue weighted by atomic mass is 10.0. The van der Waals surface area contributed by atoms with Crippen molar-refractivity contribution < 1.29 is 12.9 Å². The first kappa shape index (κ1) is 16.2. The first-order chi connectivity index (χ1) is 11.1. The van der Waals surface area contributed by atoms with E-state index in [4.69, 9.17) is 0 Å². The van der Waals surface area contributed by atoms with Gasteiger partial charge in [0.1, 0.15) is 12.0 Å². The molecule has 3 rings (SSSR count). The quantitative estimate of drug-likeness (QED) is 0.751. The number of nitrogens with zero attached hydrogens (tertiary/aromatic N) is 1. The molecule has 6 nitrogen and oxygen atoms in total. The summed E-state index contributed by atoms with van der Waals surface area (Å²) in [6, 6.07) is 10.2. The lowest BCUT2D eigenvalue weighted by Gasteiger charge is -2.19. The van der Waals surface area contributed by atoms with Gasteiger partial charge < -0.3 is 9.84 Å². The molecule has 2 aromatic rings. The van der Waals surface area contributed by atoms with E-state index >= 15 is 0 Å². The highest BCUT2D eigenvalue weighted by Crippen LogP contribution is 2.35. The Morgan fingerprint density at radius 1 is 1.26 bits per heavy atom. The van der Waals surface area contributed by atoms with Crippen LogP contribution in [0.5, 0.6) is 0 Å². The van der Waals surface area contributed by atoms with Crippen molar-refractivity contribution in [2.75, 3.05) is 13.1 Å². The fourth-order valence-electron chi connectivity index (χ4n) is 3.10. The van der Waals surface area contributed by atoms with Gasteiger partial charge in [0, 0.05) is 25.2 Å². The van der Waals surface area contributed by atoms with E-state index in [2.05, 4.69) is 44.8 Å². The number of benzene rings is 1. The highest BCUT2D eigenvalue weighted by atomic mass is 32.2. The van der Waals surface area contributed by atoms with Gasteiger partial charge in [0.25, 0.3) is 0 Å². The molecule has 0 radical (unpaired) electrons. The molecule has 0 spiro atoms. The third kappa shape index (κ3) is 3.99. The number of hydrogen-bond acceptors (Lipinski definition) is 5. The largest absolute Gasteiger partial charge is 0.364 e. The molecule has 0 saturated carbocycles. The predicted molar refractivity (Wildman–Crippen MR) is 87.2 cm³/mol. The summed E-state index contributed by atoms with van der Waals surface area (Å²) in [6.07, 6.45) is 2.43. The van der Waals surface area contributed by atoms with E-state index in [-0.39, 0.29) is 11.8 Å². The Bertz CT molecular complexity index is 744. The number of rotatable bonds is 7. The minimum Gasteiger partial charge on any atom is -0.364 e. The lowest BCUT2D eigenvalue weighted by molar-refractivity contribution is 0.413. The van der Waals surface area contributed by atoms with Crippen molar-refractivity contribution in [3.63, 3.8) is 0 Å². The molecule has 0 saturated heterocycles. The van der Waals surface area contributed by atoms with Crippen LogP contribution in [-0.2, 0) is 22.2 Å². The maximum Gasteiger partial charge on any atom is 0.217 e. The number of nitrogens with one attached hydrogen (secondary N) is 2. The van der Waals surface area contributed by atoms with Crippen LogP contribution in [0.1, 0.15) is 29.8 Å². The fourth-order valence-corrected chi connectivity index (χ4v) is 4.15. The molecule has 1 aliphatic rings. The third-order valence-electron chi connectivity index (χ3n) is 4.14. The summed E-state index contributed by atoms with van der Waals surface area (Å²) < 4.78 is 31.1. The van der Waals surface area contributed by atoms with Gasteiger partial charge in [0.2, 0.25) is 10.0 Å². The molecule has 23 heavy (non-hydrogen) atoms. The number of hydrogen-bond donors (Lipinski definition) is 2. The van der Waals surface area contributed by atoms with Crippen LogP contribution in [0.2, 0.25) is 0 Å². The minimum atomic E-state index is -3.39. The average Bonchev–Trinajstić information content (AvgIpc) is 3.10. The van der Waals surface area contributed by atoms with Crippen LogP contribution in [0.4, 0.5) is 0 Å². The SMILES string of the molecule is C[C@H]1Cc2ccccc2[C@H]1NCCNS(=O)(=O)Cc1ccon1. The Hall–Kier alpha value is -1.70. The molecule has 124 valence electrons. The van der Waals surface area contributed by atoms with Crippen molar-refractivity contribution in [2.24, 2.45) is 5.92 Å². The Morgan fingerprint density at radius 2 is 2.09 bits per heavy atom. The van der Waals surface area contributed by atoms with E-state index in [1.807, 2.05) is 6.07 Å². The second-order valence-corrected chi connectivity index (χ2v) is 7.76. The Kier molecular flexibility index (Phi) is 4.79. The smallest absolute Gasteiger partial charge is 0.217 e. The van der Waals surface area contributed by atoms with Gasteiger partial charge in [0.15, 0.2) is 0 Å². The van der Waals surface area contributed by atoms with Crippen molar-refractivity contribution in [1.29, 1.82) is 0 Å². The van der Waals surface area contributed by atoms with E-state index in [0.29, 0.717) is 24.7 Å². The van der Waals surface area contributed by atoms with Gasteiger partial charge in [-0.15, -0.1) is 0 Å². The highest BCUT2D eigenvalue weighted by Gasteiger charge is 2.28. The molecular formula is C16H21N3O3S. The van der Waals surface area contributed by atoms with Crippen molar-refractivity contribution in [2.45, 2.75) is 25.1 Å². The highest BCUT2D eigenvalue weighted by molar-refractivity contribution is 7.88. The minimum absolute atomic E-state index is 0.161. The molecule has 1 aromatic carbocycles. The predicted octanol–water partition coefficient (Wildman–Crippen LogP) is 1.62. The van der Waals surface area contributed by atoms with Crippen LogP contribution < -0.4 is 10.0 Å². The molecule has 0 aliphatic heterocycles. The summed E-state index contributed by atoms with van der Waals surface area (Å²) in [6.45, 7) is 3.15. The summed E-state index contributed by atoms with van der Waals surface area (Å²) in [5.74, 6) is 0.353. The zero-order chi connectivity index (χ0) is 16.3. The first-order valence-electron chi connectivity index (χ1n) is 7.73. The molecule has 7 heteroatoms. The molecule has 1 aliphatic carbocycles. The molecule has 0 amide bonds. The van der Waals surface area contributed by atoms with Crippen LogP contribution in [0, 0.1) is 5.92 Å². The summed E-state index contributed by atoms with van der Waals surface area (Å²) in [5, 5.41) is 7.08. The molecule has 0 fully saturated rings. The van der Waals surface area contributed by atoms with Gasteiger partial charge in [-0.3, -0.25) is 0 Å². The van der Waals surface area contributed by atoms with E-state index in [1.165, 1.54) is 17.4 Å². The van der Waals surface area contributed by atoms with Gasteiger partial charge in [-0.25, -0.2) is 13.1 Å². The van der Waals surface area contributed by atoms with Gasteiger partial charge in [-0.1, -0.05) is 36.3 Å². The zero-order valence-corrected chi connectivity index (χ0v) is 13.8. The number of aromatic nitrogens is 1. The molecule has 1 aromatic heterocycles. The molecule has 0 bridgehead atoms.